The second kappa shape index (κ2) is 16.1. The summed E-state index contributed by atoms with van der Waals surface area (Å²) in [6.07, 6.45) is 2.60. The van der Waals surface area contributed by atoms with Crippen molar-refractivity contribution in [3.8, 4) is 5.75 Å². The molecule has 1 N–H and O–H groups in total. The van der Waals surface area contributed by atoms with Crippen molar-refractivity contribution in [1.82, 2.24) is 10.2 Å². The van der Waals surface area contributed by atoms with Crippen molar-refractivity contribution >= 4 is 27.5 Å². The lowest BCUT2D eigenvalue weighted by molar-refractivity contribution is -0.141. The molecule has 3 aromatic carbocycles. The van der Waals surface area contributed by atoms with Crippen LogP contribution in [0.1, 0.15) is 56.7 Å². The predicted molar refractivity (Wildman–Crippen MR) is 173 cm³/mol. The molecule has 0 aliphatic carbocycles. The topological polar surface area (TPSA) is 96.0 Å². The molecule has 0 bridgehead atoms. The molecule has 2 atom stereocenters. The Bertz CT molecular complexity index is 1430. The second-order valence-electron chi connectivity index (χ2n) is 10.9. The number of para-hydroxylation sites is 2. The number of carbonyl (C=O) groups excluding carboxylic acids is 2. The Balaban J connectivity index is 1.90. The molecule has 0 aromatic heterocycles. The zero-order chi connectivity index (χ0) is 31.4. The molecular formula is C34H45N3O5S. The maximum atomic E-state index is 14.0. The third-order valence-corrected chi connectivity index (χ3v) is 8.51. The van der Waals surface area contributed by atoms with Crippen molar-refractivity contribution in [3.05, 3.63) is 95.6 Å². The number of aryl methyl sites for hydroxylation is 1. The van der Waals surface area contributed by atoms with E-state index in [1.54, 1.807) is 29.2 Å². The highest BCUT2D eigenvalue weighted by molar-refractivity contribution is 7.92. The molecular weight excluding hydrogens is 562 g/mol. The summed E-state index contributed by atoms with van der Waals surface area (Å²) >= 11 is 0. The zero-order valence-electron chi connectivity index (χ0n) is 26.0. The number of carbonyl (C=O) groups is 2. The molecule has 0 aliphatic rings. The lowest BCUT2D eigenvalue weighted by Gasteiger charge is -2.33. The van der Waals surface area contributed by atoms with E-state index in [4.69, 9.17) is 4.74 Å². The zero-order valence-corrected chi connectivity index (χ0v) is 26.8. The van der Waals surface area contributed by atoms with E-state index in [0.29, 0.717) is 24.5 Å². The lowest BCUT2D eigenvalue weighted by atomic mass is 10.0. The van der Waals surface area contributed by atoms with Gasteiger partial charge in [-0.25, -0.2) is 8.42 Å². The van der Waals surface area contributed by atoms with E-state index < -0.39 is 16.1 Å². The molecule has 232 valence electrons. The minimum absolute atomic E-state index is 0.0455. The van der Waals surface area contributed by atoms with Crippen molar-refractivity contribution in [2.24, 2.45) is 0 Å². The Labute approximate surface area is 257 Å². The van der Waals surface area contributed by atoms with Crippen LogP contribution < -0.4 is 14.4 Å². The summed E-state index contributed by atoms with van der Waals surface area (Å²) in [5.74, 6) is 0.0433. The minimum Gasteiger partial charge on any atom is -0.492 e. The van der Waals surface area contributed by atoms with E-state index in [-0.39, 0.29) is 43.8 Å². The van der Waals surface area contributed by atoms with Gasteiger partial charge in [0.1, 0.15) is 11.8 Å². The Morgan fingerprint density at radius 1 is 0.907 bits per heavy atom. The first kappa shape index (κ1) is 33.6. The summed E-state index contributed by atoms with van der Waals surface area (Å²) in [4.78, 5) is 29.3. The predicted octanol–water partition coefficient (Wildman–Crippen LogP) is 5.49. The van der Waals surface area contributed by atoms with Crippen LogP contribution in [-0.4, -0.2) is 56.6 Å². The second-order valence-corrected chi connectivity index (χ2v) is 12.8. The van der Waals surface area contributed by atoms with E-state index in [1.165, 1.54) is 4.31 Å². The van der Waals surface area contributed by atoms with Crippen LogP contribution >= 0.6 is 0 Å². The van der Waals surface area contributed by atoms with Gasteiger partial charge in [-0.05, 0) is 56.9 Å². The minimum atomic E-state index is -3.65. The molecule has 0 fully saturated rings. The van der Waals surface area contributed by atoms with Crippen LogP contribution in [0.3, 0.4) is 0 Å². The standard InChI is InChI=1S/C34H45N3O5S/c1-6-27(4)35-34(39)31(24-28-14-9-8-10-15-28)36(25-29-21-19-26(3)20-22-29)33(38)18-13-23-37(43(5,40)41)30-16-11-12-17-32(30)42-7-2/h8-12,14-17,19-22,27,31H,6-7,13,18,23-25H2,1-5H3,(H,35,39)/t27-,31-/m0/s1. The number of sulfonamides is 1. The summed E-state index contributed by atoms with van der Waals surface area (Å²) in [7, 11) is -3.65. The van der Waals surface area contributed by atoms with E-state index in [0.717, 1.165) is 29.4 Å². The van der Waals surface area contributed by atoms with Gasteiger partial charge in [-0.3, -0.25) is 13.9 Å². The van der Waals surface area contributed by atoms with Gasteiger partial charge in [-0.2, -0.15) is 0 Å². The van der Waals surface area contributed by atoms with Crippen LogP contribution in [0.4, 0.5) is 5.69 Å². The van der Waals surface area contributed by atoms with Gasteiger partial charge in [-0.1, -0.05) is 79.2 Å². The van der Waals surface area contributed by atoms with Gasteiger partial charge in [0, 0.05) is 32.0 Å². The van der Waals surface area contributed by atoms with Crippen LogP contribution in [0, 0.1) is 6.92 Å². The van der Waals surface area contributed by atoms with Crippen molar-refractivity contribution in [2.75, 3.05) is 23.7 Å². The molecule has 0 radical (unpaired) electrons. The fourth-order valence-corrected chi connectivity index (χ4v) is 5.78. The summed E-state index contributed by atoms with van der Waals surface area (Å²) in [5, 5.41) is 3.08. The third kappa shape index (κ3) is 10.1. The van der Waals surface area contributed by atoms with E-state index >= 15 is 0 Å². The van der Waals surface area contributed by atoms with Gasteiger partial charge in [0.2, 0.25) is 21.8 Å². The molecule has 0 spiro atoms. The Kier molecular flexibility index (Phi) is 12.6. The van der Waals surface area contributed by atoms with Crippen molar-refractivity contribution in [2.45, 2.75) is 72.0 Å². The SMILES string of the molecule is CCOc1ccccc1N(CCCC(=O)N(Cc1ccc(C)cc1)[C@@H](Cc1ccccc1)C(=O)N[C@@H](C)CC)S(C)(=O)=O. The molecule has 0 unspecified atom stereocenters. The monoisotopic (exact) mass is 607 g/mol. The Hall–Kier alpha value is -3.85. The van der Waals surface area contributed by atoms with Gasteiger partial charge >= 0.3 is 0 Å². The maximum Gasteiger partial charge on any atom is 0.243 e. The molecule has 0 aliphatic heterocycles. The summed E-state index contributed by atoms with van der Waals surface area (Å²) in [6, 6.07) is 23.8. The molecule has 8 nitrogen and oxygen atoms in total. The molecule has 3 rings (SSSR count). The number of nitrogens with zero attached hydrogens (tertiary/aromatic N) is 2. The third-order valence-electron chi connectivity index (χ3n) is 7.33. The Morgan fingerprint density at radius 2 is 1.56 bits per heavy atom. The molecule has 0 saturated carbocycles. The molecule has 3 aromatic rings. The number of hydrogen-bond acceptors (Lipinski definition) is 5. The number of hydrogen-bond donors (Lipinski definition) is 1. The van der Waals surface area contributed by atoms with Crippen LogP contribution in [-0.2, 0) is 32.6 Å². The average Bonchev–Trinajstić information content (AvgIpc) is 2.98. The van der Waals surface area contributed by atoms with Crippen molar-refractivity contribution < 1.29 is 22.7 Å². The number of amides is 2. The van der Waals surface area contributed by atoms with Crippen LogP contribution in [0.5, 0.6) is 5.75 Å². The molecule has 0 heterocycles. The first-order valence-electron chi connectivity index (χ1n) is 14.9. The molecule has 9 heteroatoms. The number of anilines is 1. The molecule has 43 heavy (non-hydrogen) atoms. The quantitative estimate of drug-likeness (QED) is 0.232. The fourth-order valence-electron chi connectivity index (χ4n) is 4.81. The van der Waals surface area contributed by atoms with E-state index in [9.17, 15) is 18.0 Å². The highest BCUT2D eigenvalue weighted by Gasteiger charge is 2.31. The average molecular weight is 608 g/mol. The summed E-state index contributed by atoms with van der Waals surface area (Å²) in [6.45, 7) is 8.53. The first-order valence-corrected chi connectivity index (χ1v) is 16.8. The highest BCUT2D eigenvalue weighted by Crippen LogP contribution is 2.30. The lowest BCUT2D eigenvalue weighted by Crippen LogP contribution is -2.52. The van der Waals surface area contributed by atoms with Gasteiger partial charge in [0.15, 0.2) is 0 Å². The Morgan fingerprint density at radius 3 is 2.19 bits per heavy atom. The number of rotatable bonds is 16. The van der Waals surface area contributed by atoms with E-state index in [1.807, 2.05) is 82.3 Å². The van der Waals surface area contributed by atoms with Crippen LogP contribution in [0.25, 0.3) is 0 Å². The first-order chi connectivity index (χ1) is 20.5. The largest absolute Gasteiger partial charge is 0.492 e. The van der Waals surface area contributed by atoms with Crippen molar-refractivity contribution in [1.29, 1.82) is 0 Å². The normalized spacial score (nSPS) is 12.7. The fraction of sp³-hybridized carbons (Fsp3) is 0.412. The van der Waals surface area contributed by atoms with Crippen LogP contribution in [0.2, 0.25) is 0 Å². The highest BCUT2D eigenvalue weighted by atomic mass is 32.2. The maximum absolute atomic E-state index is 14.0. The smallest absolute Gasteiger partial charge is 0.243 e. The number of nitrogens with one attached hydrogen (secondary N) is 1. The van der Waals surface area contributed by atoms with E-state index in [2.05, 4.69) is 5.32 Å². The van der Waals surface area contributed by atoms with Crippen LogP contribution in [0.15, 0.2) is 78.9 Å². The van der Waals surface area contributed by atoms with Gasteiger partial charge in [0.05, 0.1) is 18.6 Å². The number of ether oxygens (including phenoxy) is 1. The van der Waals surface area contributed by atoms with Gasteiger partial charge in [-0.15, -0.1) is 0 Å². The summed E-state index contributed by atoms with van der Waals surface area (Å²) in [5.41, 5.74) is 3.40. The van der Waals surface area contributed by atoms with Gasteiger partial charge < -0.3 is 15.0 Å². The molecule has 2 amide bonds. The number of benzene rings is 3. The summed E-state index contributed by atoms with van der Waals surface area (Å²) < 4.78 is 32.6. The van der Waals surface area contributed by atoms with Gasteiger partial charge in [0.25, 0.3) is 0 Å². The molecule has 0 saturated heterocycles. The van der Waals surface area contributed by atoms with Crippen molar-refractivity contribution in [3.63, 3.8) is 0 Å².